The molecule has 0 aliphatic heterocycles. The van der Waals surface area contributed by atoms with Crippen molar-refractivity contribution in [1.82, 2.24) is 0 Å². The van der Waals surface area contributed by atoms with Gasteiger partial charge in [0.05, 0.1) is 11.4 Å². The van der Waals surface area contributed by atoms with E-state index in [0.717, 1.165) is 0 Å². The number of carbonyl (C=O) groups excluding carboxylic acids is 2. The summed E-state index contributed by atoms with van der Waals surface area (Å²) in [6.45, 7) is 0. The van der Waals surface area contributed by atoms with Crippen molar-refractivity contribution in [2.75, 3.05) is 22.1 Å². The predicted octanol–water partition coefficient (Wildman–Crippen LogP) is 4.56. The van der Waals surface area contributed by atoms with Gasteiger partial charge in [-0.15, -0.1) is 0 Å². The third-order valence-corrected chi connectivity index (χ3v) is 5.01. The van der Waals surface area contributed by atoms with Crippen molar-refractivity contribution in [3.8, 4) is 23.0 Å². The number of anilines is 4. The van der Waals surface area contributed by atoms with Crippen LogP contribution < -0.4 is 26.8 Å². The van der Waals surface area contributed by atoms with Crippen molar-refractivity contribution in [3.63, 3.8) is 0 Å². The van der Waals surface area contributed by atoms with Gasteiger partial charge in [0.15, 0.2) is 0 Å². The number of nitrogen functional groups attached to an aromatic ring is 2. The third kappa shape index (κ3) is 5.60. The van der Waals surface area contributed by atoms with Gasteiger partial charge in [-0.25, -0.2) is 0 Å². The van der Waals surface area contributed by atoms with Gasteiger partial charge in [-0.3, -0.25) is 9.59 Å². The second kappa shape index (κ2) is 9.75. The molecule has 0 saturated heterocycles. The highest BCUT2D eigenvalue weighted by Gasteiger charge is 2.13. The molecule has 176 valence electrons. The van der Waals surface area contributed by atoms with E-state index >= 15 is 0 Å². The minimum atomic E-state index is -0.435. The highest BCUT2D eigenvalue weighted by molar-refractivity contribution is 6.06. The molecule has 8 N–H and O–H groups in total. The Morgan fingerprint density at radius 1 is 0.600 bits per heavy atom. The molecule has 0 saturated carbocycles. The molecule has 9 nitrogen and oxygen atoms in total. The predicted molar refractivity (Wildman–Crippen MR) is 134 cm³/mol. The molecule has 0 unspecified atom stereocenters. The molecule has 0 fully saturated rings. The van der Waals surface area contributed by atoms with Gasteiger partial charge in [0.1, 0.15) is 23.0 Å². The fourth-order valence-electron chi connectivity index (χ4n) is 3.15. The van der Waals surface area contributed by atoms with Crippen LogP contribution in [0.5, 0.6) is 23.0 Å². The lowest BCUT2D eigenvalue weighted by atomic mass is 10.2. The number of nitrogens with two attached hydrogens (primary N) is 2. The van der Waals surface area contributed by atoms with E-state index in [2.05, 4.69) is 10.6 Å². The number of amides is 2. The molecule has 0 aliphatic rings. The van der Waals surface area contributed by atoms with Crippen molar-refractivity contribution in [2.24, 2.45) is 0 Å². The van der Waals surface area contributed by atoms with Gasteiger partial charge in [-0.05, 0) is 72.8 Å². The fraction of sp³-hybridized carbons (Fsp3) is 0. The van der Waals surface area contributed by atoms with Crippen molar-refractivity contribution in [3.05, 3.63) is 96.1 Å². The van der Waals surface area contributed by atoms with E-state index in [0.29, 0.717) is 34.0 Å². The van der Waals surface area contributed by atoms with E-state index < -0.39 is 11.8 Å². The average molecular weight is 470 g/mol. The first kappa shape index (κ1) is 23.0. The fourth-order valence-corrected chi connectivity index (χ4v) is 3.15. The molecule has 4 aromatic carbocycles. The Kier molecular flexibility index (Phi) is 6.41. The van der Waals surface area contributed by atoms with E-state index in [1.807, 2.05) is 0 Å². The molecule has 4 rings (SSSR count). The number of hydrogen-bond donors (Lipinski definition) is 6. The number of carbonyl (C=O) groups is 2. The molecule has 0 heterocycles. The topological polar surface area (TPSA) is 160 Å². The van der Waals surface area contributed by atoms with Crippen molar-refractivity contribution >= 4 is 34.6 Å². The Bertz CT molecular complexity index is 1280. The summed E-state index contributed by atoms with van der Waals surface area (Å²) in [5.41, 5.74) is 13.4. The summed E-state index contributed by atoms with van der Waals surface area (Å²) in [4.78, 5) is 25.0. The zero-order valence-corrected chi connectivity index (χ0v) is 18.4. The molecule has 2 amide bonds. The van der Waals surface area contributed by atoms with Gasteiger partial charge in [0, 0.05) is 34.6 Å². The van der Waals surface area contributed by atoms with Gasteiger partial charge in [0.25, 0.3) is 11.8 Å². The van der Waals surface area contributed by atoms with E-state index in [-0.39, 0.29) is 22.9 Å². The van der Waals surface area contributed by atoms with Crippen LogP contribution >= 0.6 is 0 Å². The SMILES string of the molecule is Nc1ccc(C(=O)Nc2cc(Oc3ccc(O)c(NC(=O)c4ccc(N)cc4)c3)ccc2O)cc1. The molecule has 0 spiro atoms. The maximum atomic E-state index is 12.5. The number of ether oxygens (including phenoxy) is 1. The molecular formula is C26H22N4O5. The van der Waals surface area contributed by atoms with Gasteiger partial charge >= 0.3 is 0 Å². The smallest absolute Gasteiger partial charge is 0.255 e. The Morgan fingerprint density at radius 3 is 1.34 bits per heavy atom. The van der Waals surface area contributed by atoms with E-state index in [4.69, 9.17) is 16.2 Å². The Hall–Kier alpha value is -5.18. The number of phenols is 2. The highest BCUT2D eigenvalue weighted by Crippen LogP contribution is 2.34. The van der Waals surface area contributed by atoms with Crippen LogP contribution in [-0.2, 0) is 0 Å². The molecule has 0 radical (unpaired) electrons. The second-order valence-electron chi connectivity index (χ2n) is 7.61. The molecule has 0 aromatic heterocycles. The molecule has 0 aliphatic carbocycles. The minimum Gasteiger partial charge on any atom is -0.506 e. The molecule has 35 heavy (non-hydrogen) atoms. The largest absolute Gasteiger partial charge is 0.506 e. The van der Waals surface area contributed by atoms with Crippen LogP contribution in [0, 0.1) is 0 Å². The molecule has 0 atom stereocenters. The Morgan fingerprint density at radius 2 is 0.971 bits per heavy atom. The van der Waals surface area contributed by atoms with Crippen molar-refractivity contribution in [1.29, 1.82) is 0 Å². The highest BCUT2D eigenvalue weighted by atomic mass is 16.5. The summed E-state index contributed by atoms with van der Waals surface area (Å²) in [5.74, 6) is -0.565. The van der Waals surface area contributed by atoms with Gasteiger partial charge in [0.2, 0.25) is 0 Å². The van der Waals surface area contributed by atoms with E-state index in [9.17, 15) is 19.8 Å². The monoisotopic (exact) mass is 470 g/mol. The molecule has 4 aromatic rings. The summed E-state index contributed by atoms with van der Waals surface area (Å²) in [5, 5.41) is 25.6. The molecule has 0 bridgehead atoms. The normalized spacial score (nSPS) is 10.4. The number of rotatable bonds is 6. The number of nitrogens with one attached hydrogen (secondary N) is 2. The quantitative estimate of drug-likeness (QED) is 0.178. The number of aromatic hydroxyl groups is 2. The van der Waals surface area contributed by atoms with E-state index in [1.165, 1.54) is 36.4 Å². The van der Waals surface area contributed by atoms with Gasteiger partial charge in [-0.1, -0.05) is 0 Å². The van der Waals surface area contributed by atoms with Crippen LogP contribution in [0.25, 0.3) is 0 Å². The van der Waals surface area contributed by atoms with Crippen LogP contribution in [0.4, 0.5) is 22.7 Å². The third-order valence-electron chi connectivity index (χ3n) is 5.01. The van der Waals surface area contributed by atoms with Crippen LogP contribution in [-0.4, -0.2) is 22.0 Å². The summed E-state index contributed by atoms with van der Waals surface area (Å²) in [6, 6.07) is 21.3. The first-order chi connectivity index (χ1) is 16.8. The zero-order valence-electron chi connectivity index (χ0n) is 18.4. The van der Waals surface area contributed by atoms with Crippen LogP contribution in [0.15, 0.2) is 84.9 Å². The summed E-state index contributed by atoms with van der Waals surface area (Å²) >= 11 is 0. The van der Waals surface area contributed by atoms with Crippen LogP contribution in [0.2, 0.25) is 0 Å². The number of benzene rings is 4. The second-order valence-corrected chi connectivity index (χ2v) is 7.61. The van der Waals surface area contributed by atoms with Gasteiger partial charge in [-0.2, -0.15) is 0 Å². The first-order valence-electron chi connectivity index (χ1n) is 10.5. The summed E-state index contributed by atoms with van der Waals surface area (Å²) in [6.07, 6.45) is 0. The van der Waals surface area contributed by atoms with Gasteiger partial charge < -0.3 is 37.1 Å². The summed E-state index contributed by atoms with van der Waals surface area (Å²) in [7, 11) is 0. The standard InChI is InChI=1S/C26H22N4O5/c27-17-5-1-15(2-6-17)25(33)29-21-13-19(9-11-23(21)31)35-20-10-12-24(32)22(14-20)30-26(34)16-3-7-18(28)8-4-16/h1-14,31-32H,27-28H2,(H,29,33)(H,30,34). The molecule has 9 heteroatoms. The summed E-state index contributed by atoms with van der Waals surface area (Å²) < 4.78 is 5.82. The minimum absolute atomic E-state index is 0.139. The molecular weight excluding hydrogens is 448 g/mol. The van der Waals surface area contributed by atoms with Crippen LogP contribution in [0.3, 0.4) is 0 Å². The van der Waals surface area contributed by atoms with Crippen molar-refractivity contribution < 1.29 is 24.5 Å². The number of phenolic OH excluding ortho intramolecular Hbond substituents is 2. The average Bonchev–Trinajstić information content (AvgIpc) is 2.84. The lowest BCUT2D eigenvalue weighted by Crippen LogP contribution is -2.12. The zero-order chi connectivity index (χ0) is 24.9. The lowest BCUT2D eigenvalue weighted by molar-refractivity contribution is 0.101. The first-order valence-corrected chi connectivity index (χ1v) is 10.5. The van der Waals surface area contributed by atoms with Crippen molar-refractivity contribution in [2.45, 2.75) is 0 Å². The number of hydrogen-bond acceptors (Lipinski definition) is 7. The van der Waals surface area contributed by atoms with E-state index in [1.54, 1.807) is 48.5 Å². The van der Waals surface area contributed by atoms with Crippen LogP contribution in [0.1, 0.15) is 20.7 Å². The Labute approximate surface area is 200 Å². The Balaban J connectivity index is 1.50. The maximum absolute atomic E-state index is 12.5. The lowest BCUT2D eigenvalue weighted by Gasteiger charge is -2.13. The maximum Gasteiger partial charge on any atom is 0.255 e.